The van der Waals surface area contributed by atoms with Crippen molar-refractivity contribution in [3.05, 3.63) is 66.8 Å². The molecule has 137 valence electrons. The van der Waals surface area contributed by atoms with Gasteiger partial charge >= 0.3 is 0 Å². The van der Waals surface area contributed by atoms with E-state index >= 15 is 0 Å². The van der Waals surface area contributed by atoms with Gasteiger partial charge in [0.1, 0.15) is 6.67 Å². The molecule has 2 unspecified atom stereocenters. The normalized spacial score (nSPS) is 19.6. The average molecular weight is 350 g/mol. The van der Waals surface area contributed by atoms with Gasteiger partial charge < -0.3 is 20.2 Å². The number of nitrogens with one attached hydrogen (secondary N) is 1. The second-order valence-corrected chi connectivity index (χ2v) is 7.34. The summed E-state index contributed by atoms with van der Waals surface area (Å²) in [5, 5.41) is 14.1. The van der Waals surface area contributed by atoms with E-state index in [2.05, 4.69) is 58.2 Å². The zero-order valence-corrected chi connectivity index (χ0v) is 15.4. The summed E-state index contributed by atoms with van der Waals surface area (Å²) in [6.07, 6.45) is 4.60. The minimum absolute atomic E-state index is 0.115. The van der Waals surface area contributed by atoms with Crippen LogP contribution in [-0.2, 0) is 0 Å². The molecule has 2 aromatic carbocycles. The van der Waals surface area contributed by atoms with Crippen molar-refractivity contribution in [1.82, 2.24) is 5.32 Å². The molecule has 2 atom stereocenters. The summed E-state index contributed by atoms with van der Waals surface area (Å²) in [5.74, 6) is 0. The number of aliphatic hydroxyl groups is 1. The Kier molecular flexibility index (Phi) is 5.14. The van der Waals surface area contributed by atoms with Crippen molar-refractivity contribution in [2.75, 3.05) is 23.4 Å². The number of para-hydroxylation sites is 2. The van der Waals surface area contributed by atoms with Gasteiger partial charge in [0.25, 0.3) is 0 Å². The van der Waals surface area contributed by atoms with E-state index in [9.17, 15) is 5.11 Å². The molecule has 0 saturated heterocycles. The topological polar surface area (TPSA) is 38.7 Å². The number of aliphatic hydroxyl groups excluding tert-OH is 1. The standard InChI is InChI=1S/C22H28N3O/c1-23-15-21(26)22(17-9-3-2-4-10-17)25-16-24(18-11-5-6-12-18)19-13-7-8-14-20(19)25/h2-4,7-10,13-14,16,18,21-23,26H,5-6,11-12,15H2,1H3. The Morgan fingerprint density at radius 1 is 1.00 bits per heavy atom. The molecule has 0 aromatic heterocycles. The summed E-state index contributed by atoms with van der Waals surface area (Å²) < 4.78 is 0. The number of likely N-dealkylation sites (N-methyl/N-ethyl adjacent to an activating group) is 1. The van der Waals surface area contributed by atoms with E-state index in [0.29, 0.717) is 12.6 Å². The smallest absolute Gasteiger partial charge is 0.143 e. The van der Waals surface area contributed by atoms with Crippen LogP contribution < -0.4 is 15.1 Å². The van der Waals surface area contributed by atoms with Crippen LogP contribution in [0.2, 0.25) is 0 Å². The molecule has 26 heavy (non-hydrogen) atoms. The van der Waals surface area contributed by atoms with Crippen molar-refractivity contribution in [1.29, 1.82) is 0 Å². The average Bonchev–Trinajstić information content (AvgIpc) is 3.32. The molecule has 4 rings (SSSR count). The van der Waals surface area contributed by atoms with E-state index < -0.39 is 6.10 Å². The third-order valence-corrected chi connectivity index (χ3v) is 5.62. The molecular formula is C22H28N3O. The molecule has 0 bridgehead atoms. The molecule has 0 spiro atoms. The summed E-state index contributed by atoms with van der Waals surface area (Å²) >= 11 is 0. The van der Waals surface area contributed by atoms with Gasteiger partial charge in [-0.25, -0.2) is 0 Å². The molecule has 1 radical (unpaired) electrons. The summed E-state index contributed by atoms with van der Waals surface area (Å²) in [6, 6.07) is 19.4. The van der Waals surface area contributed by atoms with Crippen LogP contribution in [0.1, 0.15) is 37.3 Å². The van der Waals surface area contributed by atoms with E-state index in [1.54, 1.807) is 0 Å². The first-order valence-electron chi connectivity index (χ1n) is 9.68. The minimum Gasteiger partial charge on any atom is -0.389 e. The van der Waals surface area contributed by atoms with Crippen molar-refractivity contribution >= 4 is 11.4 Å². The first kappa shape index (κ1) is 17.4. The Bertz CT molecular complexity index is 714. The molecule has 2 aliphatic rings. The monoisotopic (exact) mass is 350 g/mol. The van der Waals surface area contributed by atoms with Crippen LogP contribution in [0.4, 0.5) is 11.4 Å². The first-order valence-corrected chi connectivity index (χ1v) is 9.68. The molecule has 1 aliphatic heterocycles. The zero-order valence-electron chi connectivity index (χ0n) is 15.4. The Hall–Kier alpha value is -2.04. The molecule has 1 saturated carbocycles. The van der Waals surface area contributed by atoms with Gasteiger partial charge in [0.2, 0.25) is 0 Å². The van der Waals surface area contributed by atoms with Crippen LogP contribution in [0.5, 0.6) is 0 Å². The van der Waals surface area contributed by atoms with Crippen LogP contribution >= 0.6 is 0 Å². The van der Waals surface area contributed by atoms with Crippen molar-refractivity contribution in [3.63, 3.8) is 0 Å². The number of fused-ring (bicyclic) bond motifs is 1. The Balaban J connectivity index is 1.71. The van der Waals surface area contributed by atoms with Crippen molar-refractivity contribution in [3.8, 4) is 0 Å². The molecule has 2 N–H and O–H groups in total. The van der Waals surface area contributed by atoms with Gasteiger partial charge in [0.15, 0.2) is 0 Å². The maximum atomic E-state index is 11.0. The number of hydrogen-bond acceptors (Lipinski definition) is 4. The quantitative estimate of drug-likeness (QED) is 0.833. The summed E-state index contributed by atoms with van der Waals surface area (Å²) in [4.78, 5) is 4.70. The highest BCUT2D eigenvalue weighted by molar-refractivity contribution is 5.79. The van der Waals surface area contributed by atoms with Crippen LogP contribution in [0, 0.1) is 6.67 Å². The molecule has 1 aliphatic carbocycles. The maximum absolute atomic E-state index is 11.0. The van der Waals surface area contributed by atoms with Gasteiger partial charge in [-0.3, -0.25) is 0 Å². The number of nitrogens with zero attached hydrogens (tertiary/aromatic N) is 2. The van der Waals surface area contributed by atoms with E-state index in [0.717, 1.165) is 5.56 Å². The number of anilines is 2. The lowest BCUT2D eigenvalue weighted by Crippen LogP contribution is -2.41. The maximum Gasteiger partial charge on any atom is 0.143 e. The molecule has 4 nitrogen and oxygen atoms in total. The van der Waals surface area contributed by atoms with E-state index in [1.165, 1.54) is 37.1 Å². The fourth-order valence-corrected chi connectivity index (χ4v) is 4.39. The molecule has 4 heteroatoms. The van der Waals surface area contributed by atoms with Crippen LogP contribution in [0.3, 0.4) is 0 Å². The summed E-state index contributed by atoms with van der Waals surface area (Å²) in [7, 11) is 1.89. The highest BCUT2D eigenvalue weighted by Crippen LogP contribution is 2.46. The van der Waals surface area contributed by atoms with Crippen molar-refractivity contribution in [2.45, 2.75) is 43.9 Å². The van der Waals surface area contributed by atoms with Gasteiger partial charge in [-0.15, -0.1) is 0 Å². The van der Waals surface area contributed by atoms with Crippen molar-refractivity contribution in [2.24, 2.45) is 0 Å². The third kappa shape index (κ3) is 3.19. The lowest BCUT2D eigenvalue weighted by Gasteiger charge is -2.34. The minimum atomic E-state index is -0.504. The summed E-state index contributed by atoms with van der Waals surface area (Å²) in [6.45, 7) is 2.78. The van der Waals surface area contributed by atoms with Gasteiger partial charge in [-0.05, 0) is 37.6 Å². The number of rotatable bonds is 6. The molecule has 0 amide bonds. The van der Waals surface area contributed by atoms with Gasteiger partial charge in [-0.1, -0.05) is 55.3 Å². The molecule has 1 heterocycles. The van der Waals surface area contributed by atoms with E-state index in [4.69, 9.17) is 0 Å². The highest BCUT2D eigenvalue weighted by atomic mass is 16.3. The van der Waals surface area contributed by atoms with Crippen LogP contribution in [0.25, 0.3) is 0 Å². The Labute approximate surface area is 156 Å². The number of benzene rings is 2. The largest absolute Gasteiger partial charge is 0.389 e. The fourth-order valence-electron chi connectivity index (χ4n) is 4.39. The zero-order chi connectivity index (χ0) is 17.9. The van der Waals surface area contributed by atoms with E-state index in [-0.39, 0.29) is 6.04 Å². The van der Waals surface area contributed by atoms with Gasteiger partial charge in [0.05, 0.1) is 23.5 Å². The van der Waals surface area contributed by atoms with E-state index in [1.807, 2.05) is 25.2 Å². The summed E-state index contributed by atoms with van der Waals surface area (Å²) in [5.41, 5.74) is 3.58. The number of hydrogen-bond donors (Lipinski definition) is 2. The third-order valence-electron chi connectivity index (χ3n) is 5.62. The Morgan fingerprint density at radius 3 is 2.35 bits per heavy atom. The second kappa shape index (κ2) is 7.68. The lowest BCUT2D eigenvalue weighted by molar-refractivity contribution is 0.143. The SMILES string of the molecule is CNCC(O)C(c1ccccc1)N1[CH]N(C2CCCC2)c2ccccc21. The molecule has 1 fully saturated rings. The first-order chi connectivity index (χ1) is 12.8. The van der Waals surface area contributed by atoms with Crippen molar-refractivity contribution < 1.29 is 5.11 Å². The van der Waals surface area contributed by atoms with Gasteiger partial charge in [-0.2, -0.15) is 0 Å². The predicted molar refractivity (Wildman–Crippen MR) is 107 cm³/mol. The highest BCUT2D eigenvalue weighted by Gasteiger charge is 2.38. The lowest BCUT2D eigenvalue weighted by atomic mass is 9.99. The fraction of sp³-hybridized carbons (Fsp3) is 0.409. The molecule has 2 aromatic rings. The van der Waals surface area contributed by atoms with Gasteiger partial charge in [0, 0.05) is 12.6 Å². The molecular weight excluding hydrogens is 322 g/mol. The predicted octanol–water partition coefficient (Wildman–Crippen LogP) is 3.70. The second-order valence-electron chi connectivity index (χ2n) is 7.34. The Morgan fingerprint density at radius 2 is 1.65 bits per heavy atom. The van der Waals surface area contributed by atoms with Crippen LogP contribution in [-0.4, -0.2) is 30.8 Å². The van der Waals surface area contributed by atoms with Crippen LogP contribution in [0.15, 0.2) is 54.6 Å².